The van der Waals surface area contributed by atoms with Crippen LogP contribution in [0.4, 0.5) is 10.5 Å². The maximum atomic E-state index is 12.0. The van der Waals surface area contributed by atoms with Crippen LogP contribution in [0.1, 0.15) is 20.8 Å². The first-order valence-electron chi connectivity index (χ1n) is 5.74. The molecule has 0 N–H and O–H groups in total. The van der Waals surface area contributed by atoms with Crippen LogP contribution < -0.4 is 0 Å². The summed E-state index contributed by atoms with van der Waals surface area (Å²) < 4.78 is 6.58. The van der Waals surface area contributed by atoms with Crippen LogP contribution >= 0.6 is 15.9 Å². The number of hydrogen-bond acceptors (Lipinski definition) is 5. The van der Waals surface area contributed by atoms with Gasteiger partial charge < -0.3 is 4.74 Å². The Morgan fingerprint density at radius 2 is 2.10 bits per heavy atom. The van der Waals surface area contributed by atoms with Crippen LogP contribution in [0.25, 0.3) is 10.9 Å². The highest BCUT2D eigenvalue weighted by molar-refractivity contribution is 9.10. The second-order valence-corrected chi connectivity index (χ2v) is 6.01. The first-order chi connectivity index (χ1) is 9.19. The highest BCUT2D eigenvalue weighted by Gasteiger charge is 2.22. The summed E-state index contributed by atoms with van der Waals surface area (Å²) in [5.74, 6) is 0. The van der Waals surface area contributed by atoms with E-state index in [0.29, 0.717) is 10.9 Å². The smallest absolute Gasteiger partial charge is 0.435 e. The maximum Gasteiger partial charge on any atom is 0.435 e. The average molecular weight is 342 g/mol. The van der Waals surface area contributed by atoms with Crippen LogP contribution in [0.3, 0.4) is 0 Å². The number of carbonyl (C=O) groups is 1. The van der Waals surface area contributed by atoms with E-state index in [0.717, 1.165) is 4.68 Å². The minimum absolute atomic E-state index is 0.0822. The van der Waals surface area contributed by atoms with Gasteiger partial charge in [0.15, 0.2) is 0 Å². The van der Waals surface area contributed by atoms with Gasteiger partial charge in [-0.05, 0) is 42.8 Å². The zero-order valence-corrected chi connectivity index (χ0v) is 12.7. The monoisotopic (exact) mass is 341 g/mol. The fourth-order valence-corrected chi connectivity index (χ4v) is 2.10. The molecule has 0 spiro atoms. The molecule has 0 saturated heterocycles. The Bertz CT molecular complexity index is 703. The van der Waals surface area contributed by atoms with Crippen LogP contribution in [-0.2, 0) is 4.74 Å². The van der Waals surface area contributed by atoms with Crippen LogP contribution in [0, 0.1) is 10.1 Å². The zero-order chi connectivity index (χ0) is 15.1. The van der Waals surface area contributed by atoms with Crippen molar-refractivity contribution in [1.82, 2.24) is 9.78 Å². The van der Waals surface area contributed by atoms with E-state index in [1.54, 1.807) is 20.8 Å². The molecule has 106 valence electrons. The van der Waals surface area contributed by atoms with Crippen molar-refractivity contribution in [3.8, 4) is 0 Å². The molecule has 0 amide bonds. The van der Waals surface area contributed by atoms with E-state index in [2.05, 4.69) is 21.0 Å². The summed E-state index contributed by atoms with van der Waals surface area (Å²) in [6, 6.07) is 2.83. The summed E-state index contributed by atoms with van der Waals surface area (Å²) in [5.41, 5.74) is -0.286. The molecular weight excluding hydrogens is 330 g/mol. The molecule has 2 aromatic rings. The van der Waals surface area contributed by atoms with Gasteiger partial charge in [-0.1, -0.05) is 0 Å². The number of hydrogen-bond donors (Lipinski definition) is 0. The predicted octanol–water partition coefficient (Wildman–Crippen LogP) is 3.49. The third-order valence-corrected chi connectivity index (χ3v) is 3.03. The topological polar surface area (TPSA) is 87.3 Å². The molecule has 0 atom stereocenters. The lowest BCUT2D eigenvalue weighted by Crippen LogP contribution is -2.27. The summed E-state index contributed by atoms with van der Waals surface area (Å²) in [6.07, 6.45) is 0.756. The number of nitro groups is 1. The van der Waals surface area contributed by atoms with Crippen molar-refractivity contribution in [3.63, 3.8) is 0 Å². The minimum Gasteiger partial charge on any atom is -0.442 e. The number of ether oxygens (including phenoxy) is 1. The standard InChI is InChI=1S/C12H12BrN3O4/c1-12(2,3)20-11(17)15-9-5-8(13)10(16(18)19)4-7(9)6-14-15/h4-6H,1-3H3. The number of fused-ring (bicyclic) bond motifs is 1. The second kappa shape index (κ2) is 4.86. The fourth-order valence-electron chi connectivity index (χ4n) is 1.63. The Labute approximate surface area is 122 Å². The van der Waals surface area contributed by atoms with Gasteiger partial charge >= 0.3 is 6.09 Å². The summed E-state index contributed by atoms with van der Waals surface area (Å²) in [7, 11) is 0. The van der Waals surface area contributed by atoms with Crippen molar-refractivity contribution in [2.45, 2.75) is 26.4 Å². The van der Waals surface area contributed by atoms with Crippen molar-refractivity contribution in [2.24, 2.45) is 0 Å². The van der Waals surface area contributed by atoms with E-state index in [1.807, 2.05) is 0 Å². The molecule has 7 nitrogen and oxygen atoms in total. The van der Waals surface area contributed by atoms with Crippen molar-refractivity contribution in [1.29, 1.82) is 0 Å². The van der Waals surface area contributed by atoms with E-state index >= 15 is 0 Å². The molecule has 0 bridgehead atoms. The lowest BCUT2D eigenvalue weighted by Gasteiger charge is -2.19. The van der Waals surface area contributed by atoms with Gasteiger partial charge in [0.05, 0.1) is 21.1 Å². The molecule has 20 heavy (non-hydrogen) atoms. The van der Waals surface area contributed by atoms with Gasteiger partial charge in [0.1, 0.15) is 5.60 Å². The quantitative estimate of drug-likeness (QED) is 0.585. The van der Waals surface area contributed by atoms with Crippen LogP contribution in [0.2, 0.25) is 0 Å². The molecular formula is C12H12BrN3O4. The third kappa shape index (κ3) is 2.79. The summed E-state index contributed by atoms with van der Waals surface area (Å²) in [6.45, 7) is 5.24. The fraction of sp³-hybridized carbons (Fsp3) is 0.333. The number of rotatable bonds is 1. The van der Waals surface area contributed by atoms with Gasteiger partial charge in [-0.3, -0.25) is 10.1 Å². The number of nitro benzene ring substituents is 1. The first-order valence-corrected chi connectivity index (χ1v) is 6.53. The Morgan fingerprint density at radius 1 is 1.45 bits per heavy atom. The van der Waals surface area contributed by atoms with Gasteiger partial charge in [0.25, 0.3) is 5.69 Å². The third-order valence-electron chi connectivity index (χ3n) is 2.40. The van der Waals surface area contributed by atoms with Crippen LogP contribution in [0.15, 0.2) is 22.8 Å². The van der Waals surface area contributed by atoms with E-state index < -0.39 is 16.6 Å². The molecule has 0 aliphatic rings. The Kier molecular flexibility index (Phi) is 3.51. The van der Waals surface area contributed by atoms with Gasteiger partial charge in [-0.15, -0.1) is 0 Å². The lowest BCUT2D eigenvalue weighted by atomic mass is 10.2. The summed E-state index contributed by atoms with van der Waals surface area (Å²) >= 11 is 3.11. The second-order valence-electron chi connectivity index (χ2n) is 5.16. The SMILES string of the molecule is CC(C)(C)OC(=O)n1ncc2cc([N+](=O)[O-])c(Br)cc21. The Morgan fingerprint density at radius 3 is 2.65 bits per heavy atom. The molecule has 2 rings (SSSR count). The number of halogens is 1. The average Bonchev–Trinajstić information content (AvgIpc) is 2.67. The lowest BCUT2D eigenvalue weighted by molar-refractivity contribution is -0.385. The molecule has 0 aliphatic carbocycles. The van der Waals surface area contributed by atoms with Crippen LogP contribution in [-0.4, -0.2) is 26.4 Å². The minimum atomic E-state index is -0.645. The van der Waals surface area contributed by atoms with Gasteiger partial charge in [0.2, 0.25) is 0 Å². The molecule has 0 saturated carbocycles. The zero-order valence-electron chi connectivity index (χ0n) is 11.1. The van der Waals surface area contributed by atoms with Crippen molar-refractivity contribution >= 4 is 38.6 Å². The van der Waals surface area contributed by atoms with E-state index in [9.17, 15) is 14.9 Å². The van der Waals surface area contributed by atoms with Crippen LogP contribution in [0.5, 0.6) is 0 Å². The molecule has 0 aliphatic heterocycles. The molecule has 0 fully saturated rings. The highest BCUT2D eigenvalue weighted by atomic mass is 79.9. The number of benzene rings is 1. The van der Waals surface area contributed by atoms with Crippen molar-refractivity contribution in [3.05, 3.63) is 32.9 Å². The first kappa shape index (κ1) is 14.4. The van der Waals surface area contributed by atoms with Crippen molar-refractivity contribution in [2.75, 3.05) is 0 Å². The molecule has 1 aromatic heterocycles. The molecule has 1 heterocycles. The van der Waals surface area contributed by atoms with E-state index in [-0.39, 0.29) is 10.2 Å². The number of nitrogens with zero attached hydrogens (tertiary/aromatic N) is 3. The molecule has 1 aromatic carbocycles. The molecule has 0 unspecified atom stereocenters. The van der Waals surface area contributed by atoms with Crippen molar-refractivity contribution < 1.29 is 14.5 Å². The normalized spacial score (nSPS) is 11.6. The highest BCUT2D eigenvalue weighted by Crippen LogP contribution is 2.30. The Balaban J connectivity index is 2.50. The summed E-state index contributed by atoms with van der Waals surface area (Å²) in [5, 5.41) is 15.3. The largest absolute Gasteiger partial charge is 0.442 e. The van der Waals surface area contributed by atoms with Gasteiger partial charge in [0, 0.05) is 11.5 Å². The van der Waals surface area contributed by atoms with Gasteiger partial charge in [-0.2, -0.15) is 9.78 Å². The molecule has 8 heteroatoms. The predicted molar refractivity (Wildman–Crippen MR) is 75.7 cm³/mol. The van der Waals surface area contributed by atoms with Gasteiger partial charge in [-0.25, -0.2) is 4.79 Å². The van der Waals surface area contributed by atoms with E-state index in [4.69, 9.17) is 4.74 Å². The Hall–Kier alpha value is -1.96. The summed E-state index contributed by atoms with van der Waals surface area (Å²) in [4.78, 5) is 22.3. The number of aromatic nitrogens is 2. The van der Waals surface area contributed by atoms with E-state index in [1.165, 1.54) is 18.3 Å². The maximum absolute atomic E-state index is 12.0. The number of carbonyl (C=O) groups excluding carboxylic acids is 1. The molecule has 0 radical (unpaired) electrons.